The van der Waals surface area contributed by atoms with Gasteiger partial charge in [-0.05, 0) is 12.8 Å². The van der Waals surface area contributed by atoms with E-state index in [4.69, 9.17) is 6.57 Å². The number of benzene rings is 1. The summed E-state index contributed by atoms with van der Waals surface area (Å²) in [6.07, 6.45) is 3.59. The average molecular weight is 159 g/mol. The van der Waals surface area contributed by atoms with E-state index >= 15 is 0 Å². The van der Waals surface area contributed by atoms with E-state index < -0.39 is 0 Å². The molecular formula is C11H13N. The summed E-state index contributed by atoms with van der Waals surface area (Å²) in [6.45, 7) is 8.97. The van der Waals surface area contributed by atoms with Crippen LogP contribution in [0.25, 0.3) is 4.85 Å². The Morgan fingerprint density at radius 3 is 2.42 bits per heavy atom. The van der Waals surface area contributed by atoms with E-state index in [1.165, 1.54) is 18.4 Å². The molecule has 1 heteroatoms. The Balaban J connectivity index is 2.60. The van der Waals surface area contributed by atoms with Crippen molar-refractivity contribution in [1.82, 2.24) is 0 Å². The van der Waals surface area contributed by atoms with Crippen LogP contribution in [-0.2, 0) is 6.42 Å². The normalized spacial score (nSPS) is 9.33. The Morgan fingerprint density at radius 2 is 1.92 bits per heavy atom. The van der Waals surface area contributed by atoms with Crippen LogP contribution in [0.4, 0.5) is 5.69 Å². The molecule has 0 unspecified atom stereocenters. The van der Waals surface area contributed by atoms with Crippen LogP contribution in [0.2, 0.25) is 0 Å². The smallest absolute Gasteiger partial charge is 0.187 e. The SMILES string of the molecule is [C-]#[N+]c1ccc(CCCC)cc1. The summed E-state index contributed by atoms with van der Waals surface area (Å²) in [5.41, 5.74) is 2.07. The van der Waals surface area contributed by atoms with Gasteiger partial charge in [-0.1, -0.05) is 43.2 Å². The molecule has 0 aromatic heterocycles. The lowest BCUT2D eigenvalue weighted by atomic mass is 10.1. The first-order valence-corrected chi connectivity index (χ1v) is 4.33. The van der Waals surface area contributed by atoms with Gasteiger partial charge in [0.15, 0.2) is 5.69 Å². The van der Waals surface area contributed by atoms with Gasteiger partial charge in [0, 0.05) is 0 Å². The number of nitrogens with zero attached hydrogens (tertiary/aromatic N) is 1. The standard InChI is InChI=1S/C11H13N/c1-3-4-5-10-6-8-11(12-2)9-7-10/h6-9H,3-5H2,1H3. The van der Waals surface area contributed by atoms with Crippen LogP contribution in [0.5, 0.6) is 0 Å². The first-order valence-electron chi connectivity index (χ1n) is 4.33. The second-order valence-electron chi connectivity index (χ2n) is 2.88. The van der Waals surface area contributed by atoms with Crippen molar-refractivity contribution in [2.24, 2.45) is 0 Å². The zero-order valence-corrected chi connectivity index (χ0v) is 7.38. The van der Waals surface area contributed by atoms with Crippen LogP contribution < -0.4 is 0 Å². The number of hydrogen-bond donors (Lipinski definition) is 0. The summed E-state index contributed by atoms with van der Waals surface area (Å²) in [5.74, 6) is 0. The van der Waals surface area contributed by atoms with Gasteiger partial charge in [0.25, 0.3) is 0 Å². The number of hydrogen-bond acceptors (Lipinski definition) is 0. The molecule has 0 amide bonds. The largest absolute Gasteiger partial charge is 0.238 e. The molecule has 0 fully saturated rings. The first-order chi connectivity index (χ1) is 5.86. The van der Waals surface area contributed by atoms with Gasteiger partial charge >= 0.3 is 0 Å². The van der Waals surface area contributed by atoms with E-state index in [0.29, 0.717) is 0 Å². The van der Waals surface area contributed by atoms with Gasteiger partial charge in [0.05, 0.1) is 6.57 Å². The molecular weight excluding hydrogens is 146 g/mol. The van der Waals surface area contributed by atoms with E-state index in [9.17, 15) is 0 Å². The third-order valence-corrected chi connectivity index (χ3v) is 1.88. The summed E-state index contributed by atoms with van der Waals surface area (Å²) in [6, 6.07) is 7.86. The predicted molar refractivity (Wildman–Crippen MR) is 51.3 cm³/mol. The fourth-order valence-corrected chi connectivity index (χ4v) is 1.12. The monoisotopic (exact) mass is 159 g/mol. The lowest BCUT2D eigenvalue weighted by Gasteiger charge is -1.98. The number of unbranched alkanes of at least 4 members (excludes halogenated alkanes) is 1. The minimum absolute atomic E-state index is 0.732. The number of aryl methyl sites for hydroxylation is 1. The van der Waals surface area contributed by atoms with Crippen molar-refractivity contribution in [3.63, 3.8) is 0 Å². The molecule has 0 aliphatic carbocycles. The molecule has 0 bridgehead atoms. The van der Waals surface area contributed by atoms with Gasteiger partial charge in [-0.2, -0.15) is 0 Å². The van der Waals surface area contributed by atoms with Gasteiger partial charge in [-0.3, -0.25) is 0 Å². The highest BCUT2D eigenvalue weighted by Crippen LogP contribution is 2.13. The molecule has 0 N–H and O–H groups in total. The summed E-state index contributed by atoms with van der Waals surface area (Å²) in [7, 11) is 0. The fourth-order valence-electron chi connectivity index (χ4n) is 1.12. The summed E-state index contributed by atoms with van der Waals surface area (Å²) in [5, 5.41) is 0. The molecule has 12 heavy (non-hydrogen) atoms. The van der Waals surface area contributed by atoms with E-state index in [-0.39, 0.29) is 0 Å². The maximum atomic E-state index is 6.78. The molecule has 62 valence electrons. The Morgan fingerprint density at radius 1 is 1.25 bits per heavy atom. The quantitative estimate of drug-likeness (QED) is 0.594. The van der Waals surface area contributed by atoms with Gasteiger partial charge in [-0.25, -0.2) is 4.85 Å². The molecule has 0 aliphatic rings. The van der Waals surface area contributed by atoms with Gasteiger partial charge < -0.3 is 0 Å². The zero-order valence-electron chi connectivity index (χ0n) is 7.38. The van der Waals surface area contributed by atoms with Crippen molar-refractivity contribution >= 4 is 5.69 Å². The molecule has 1 nitrogen and oxygen atoms in total. The van der Waals surface area contributed by atoms with Crippen LogP contribution in [0, 0.1) is 6.57 Å². The Hall–Kier alpha value is -1.29. The van der Waals surface area contributed by atoms with Crippen molar-refractivity contribution in [2.45, 2.75) is 26.2 Å². The van der Waals surface area contributed by atoms with Crippen LogP contribution in [-0.4, -0.2) is 0 Å². The molecule has 0 radical (unpaired) electrons. The molecule has 0 heterocycles. The molecule has 0 saturated heterocycles. The predicted octanol–water partition coefficient (Wildman–Crippen LogP) is 3.58. The molecule has 0 saturated carbocycles. The van der Waals surface area contributed by atoms with E-state index in [1.807, 2.05) is 24.3 Å². The van der Waals surface area contributed by atoms with E-state index in [0.717, 1.165) is 12.1 Å². The lowest BCUT2D eigenvalue weighted by molar-refractivity contribution is 0.795. The second kappa shape index (κ2) is 4.56. The maximum absolute atomic E-state index is 6.78. The lowest BCUT2D eigenvalue weighted by Crippen LogP contribution is -1.82. The first kappa shape index (κ1) is 8.80. The van der Waals surface area contributed by atoms with Crippen molar-refractivity contribution in [3.05, 3.63) is 41.2 Å². The van der Waals surface area contributed by atoms with Crippen molar-refractivity contribution < 1.29 is 0 Å². The van der Waals surface area contributed by atoms with Crippen LogP contribution in [0.1, 0.15) is 25.3 Å². The van der Waals surface area contributed by atoms with Crippen molar-refractivity contribution in [2.75, 3.05) is 0 Å². The highest BCUT2D eigenvalue weighted by Gasteiger charge is 1.92. The Bertz CT molecular complexity index is 266. The molecule has 1 aromatic rings. The molecule has 0 atom stereocenters. The van der Waals surface area contributed by atoms with Gasteiger partial charge in [0.2, 0.25) is 0 Å². The van der Waals surface area contributed by atoms with Crippen LogP contribution in [0.15, 0.2) is 24.3 Å². The molecule has 1 aromatic carbocycles. The van der Waals surface area contributed by atoms with Gasteiger partial charge in [0.1, 0.15) is 0 Å². The Kier molecular flexibility index (Phi) is 3.35. The maximum Gasteiger partial charge on any atom is 0.187 e. The summed E-state index contributed by atoms with van der Waals surface area (Å²) < 4.78 is 0. The highest BCUT2D eigenvalue weighted by atomic mass is 14.6. The Labute approximate surface area is 73.9 Å². The minimum atomic E-state index is 0.732. The second-order valence-corrected chi connectivity index (χ2v) is 2.88. The highest BCUT2D eigenvalue weighted by molar-refractivity contribution is 5.45. The third-order valence-electron chi connectivity index (χ3n) is 1.88. The fraction of sp³-hybridized carbons (Fsp3) is 0.364. The molecule has 0 aliphatic heterocycles. The zero-order chi connectivity index (χ0) is 8.81. The van der Waals surface area contributed by atoms with E-state index in [2.05, 4.69) is 11.8 Å². The van der Waals surface area contributed by atoms with E-state index in [1.54, 1.807) is 0 Å². The summed E-state index contributed by atoms with van der Waals surface area (Å²) in [4.78, 5) is 3.34. The van der Waals surface area contributed by atoms with Crippen LogP contribution in [0.3, 0.4) is 0 Å². The summed E-state index contributed by atoms with van der Waals surface area (Å²) >= 11 is 0. The van der Waals surface area contributed by atoms with Crippen molar-refractivity contribution in [3.8, 4) is 0 Å². The topological polar surface area (TPSA) is 4.36 Å². The van der Waals surface area contributed by atoms with Crippen molar-refractivity contribution in [1.29, 1.82) is 0 Å². The molecule has 1 rings (SSSR count). The average Bonchev–Trinajstić information content (AvgIpc) is 2.15. The van der Waals surface area contributed by atoms with Gasteiger partial charge in [-0.15, -0.1) is 0 Å². The number of rotatable bonds is 3. The minimum Gasteiger partial charge on any atom is -0.238 e. The van der Waals surface area contributed by atoms with Crippen LogP contribution >= 0.6 is 0 Å². The molecule has 0 spiro atoms. The third kappa shape index (κ3) is 2.39.